The second-order valence-electron chi connectivity index (χ2n) is 6.13. The van der Waals surface area contributed by atoms with Gasteiger partial charge in [0.1, 0.15) is 11.6 Å². The summed E-state index contributed by atoms with van der Waals surface area (Å²) in [6.07, 6.45) is 5.36. The third-order valence-electron chi connectivity index (χ3n) is 4.32. The Morgan fingerprint density at radius 2 is 1.68 bits per heavy atom. The molecule has 25 heavy (non-hydrogen) atoms. The van der Waals surface area contributed by atoms with Gasteiger partial charge in [-0.3, -0.25) is 4.79 Å². The highest BCUT2D eigenvalue weighted by Crippen LogP contribution is 2.22. The van der Waals surface area contributed by atoms with Crippen LogP contribution in [0.5, 0.6) is 0 Å². The van der Waals surface area contributed by atoms with Gasteiger partial charge in [-0.05, 0) is 55.2 Å². The molecule has 126 valence electrons. The van der Waals surface area contributed by atoms with Gasteiger partial charge in [-0.2, -0.15) is 5.26 Å². The first kappa shape index (κ1) is 16.8. The summed E-state index contributed by atoms with van der Waals surface area (Å²) in [5.41, 5.74) is 2.79. The Bertz CT molecular complexity index is 782. The average Bonchev–Trinajstić information content (AvgIpc) is 2.68. The molecule has 2 aromatic carbocycles. The van der Waals surface area contributed by atoms with Crippen LogP contribution in [-0.4, -0.2) is 19.0 Å². The zero-order valence-electron chi connectivity index (χ0n) is 14.1. The summed E-state index contributed by atoms with van der Waals surface area (Å²) >= 11 is 0. The third kappa shape index (κ3) is 4.48. The van der Waals surface area contributed by atoms with Crippen molar-refractivity contribution >= 4 is 23.4 Å². The van der Waals surface area contributed by atoms with Gasteiger partial charge in [0, 0.05) is 24.5 Å². The largest absolute Gasteiger partial charge is 0.372 e. The van der Waals surface area contributed by atoms with E-state index in [2.05, 4.69) is 10.2 Å². The first-order valence-corrected chi connectivity index (χ1v) is 8.59. The lowest BCUT2D eigenvalue weighted by molar-refractivity contribution is -0.112. The lowest BCUT2D eigenvalue weighted by Crippen LogP contribution is -2.29. The molecule has 3 rings (SSSR count). The van der Waals surface area contributed by atoms with Crippen molar-refractivity contribution in [1.29, 1.82) is 5.26 Å². The minimum absolute atomic E-state index is 0.0892. The quantitative estimate of drug-likeness (QED) is 0.674. The molecule has 0 atom stereocenters. The van der Waals surface area contributed by atoms with Crippen LogP contribution >= 0.6 is 0 Å². The molecule has 4 heteroatoms. The van der Waals surface area contributed by atoms with Crippen LogP contribution in [0.25, 0.3) is 6.08 Å². The first-order valence-electron chi connectivity index (χ1n) is 8.59. The fourth-order valence-electron chi connectivity index (χ4n) is 2.97. The number of carbonyl (C=O) groups is 1. The molecule has 1 amide bonds. The van der Waals surface area contributed by atoms with Crippen molar-refractivity contribution in [3.05, 3.63) is 65.7 Å². The van der Waals surface area contributed by atoms with Crippen molar-refractivity contribution in [2.45, 2.75) is 19.3 Å². The van der Waals surface area contributed by atoms with E-state index >= 15 is 0 Å². The van der Waals surface area contributed by atoms with Gasteiger partial charge in [-0.25, -0.2) is 0 Å². The van der Waals surface area contributed by atoms with Crippen molar-refractivity contribution in [1.82, 2.24) is 0 Å². The highest BCUT2D eigenvalue weighted by molar-refractivity contribution is 6.09. The minimum atomic E-state index is -0.392. The smallest absolute Gasteiger partial charge is 0.266 e. The van der Waals surface area contributed by atoms with Gasteiger partial charge < -0.3 is 10.2 Å². The molecule has 0 spiro atoms. The molecule has 0 aliphatic carbocycles. The number of anilines is 2. The van der Waals surface area contributed by atoms with E-state index in [0.717, 1.165) is 18.7 Å². The van der Waals surface area contributed by atoms with Crippen LogP contribution < -0.4 is 10.2 Å². The first-order chi connectivity index (χ1) is 12.3. The molecular formula is C21H21N3O. The number of amides is 1. The van der Waals surface area contributed by atoms with E-state index in [0.29, 0.717) is 5.69 Å². The maximum Gasteiger partial charge on any atom is 0.266 e. The zero-order valence-corrected chi connectivity index (χ0v) is 14.1. The van der Waals surface area contributed by atoms with Crippen LogP contribution in [0.1, 0.15) is 24.8 Å². The topological polar surface area (TPSA) is 56.1 Å². The van der Waals surface area contributed by atoms with Crippen LogP contribution in [-0.2, 0) is 4.79 Å². The normalized spacial score (nSPS) is 14.7. The number of hydrogen-bond acceptors (Lipinski definition) is 3. The van der Waals surface area contributed by atoms with Crippen molar-refractivity contribution in [3.63, 3.8) is 0 Å². The van der Waals surface area contributed by atoms with E-state index in [1.165, 1.54) is 24.9 Å². The third-order valence-corrected chi connectivity index (χ3v) is 4.32. The predicted octanol–water partition coefficient (Wildman–Crippen LogP) is 4.22. The summed E-state index contributed by atoms with van der Waals surface area (Å²) in [4.78, 5) is 14.7. The standard InChI is InChI=1S/C21H21N3O/c22-16-18(15-17-7-3-1-4-8-17)21(25)23-19-9-11-20(12-10-19)24-13-5-2-6-14-24/h1,3-4,7-12,15H,2,5-6,13-14H2,(H,23,25)/b18-15-. The minimum Gasteiger partial charge on any atom is -0.372 e. The SMILES string of the molecule is N#C/C(=C/c1ccccc1)C(=O)Nc1ccc(N2CCCCC2)cc1. The molecule has 0 saturated carbocycles. The number of carbonyl (C=O) groups excluding carboxylic acids is 1. The van der Waals surface area contributed by atoms with Gasteiger partial charge in [0.15, 0.2) is 0 Å². The van der Waals surface area contributed by atoms with Crippen LogP contribution in [0.15, 0.2) is 60.2 Å². The molecule has 4 nitrogen and oxygen atoms in total. The van der Waals surface area contributed by atoms with Gasteiger partial charge in [-0.1, -0.05) is 30.3 Å². The van der Waals surface area contributed by atoms with Crippen LogP contribution in [0.2, 0.25) is 0 Å². The molecule has 1 heterocycles. The Morgan fingerprint density at radius 3 is 2.32 bits per heavy atom. The second kappa shape index (κ2) is 8.16. The summed E-state index contributed by atoms with van der Waals surface area (Å²) in [6.45, 7) is 2.17. The summed E-state index contributed by atoms with van der Waals surface area (Å²) in [6, 6.07) is 19.2. The van der Waals surface area contributed by atoms with E-state index < -0.39 is 5.91 Å². The van der Waals surface area contributed by atoms with Crippen molar-refractivity contribution in [2.24, 2.45) is 0 Å². The van der Waals surface area contributed by atoms with E-state index in [9.17, 15) is 10.1 Å². The Balaban J connectivity index is 1.67. The van der Waals surface area contributed by atoms with Crippen LogP contribution in [0.3, 0.4) is 0 Å². The maximum absolute atomic E-state index is 12.3. The van der Waals surface area contributed by atoms with E-state index in [4.69, 9.17) is 0 Å². The van der Waals surface area contributed by atoms with Crippen molar-refractivity contribution in [3.8, 4) is 6.07 Å². The number of hydrogen-bond donors (Lipinski definition) is 1. The van der Waals surface area contributed by atoms with E-state index in [1.807, 2.05) is 60.7 Å². The van der Waals surface area contributed by atoms with Gasteiger partial charge in [0.25, 0.3) is 5.91 Å². The number of piperidine rings is 1. The summed E-state index contributed by atoms with van der Waals surface area (Å²) in [7, 11) is 0. The highest BCUT2D eigenvalue weighted by atomic mass is 16.1. The lowest BCUT2D eigenvalue weighted by atomic mass is 10.1. The fraction of sp³-hybridized carbons (Fsp3) is 0.238. The van der Waals surface area contributed by atoms with Crippen LogP contribution in [0, 0.1) is 11.3 Å². The number of nitrogens with zero attached hydrogens (tertiary/aromatic N) is 2. The molecule has 0 unspecified atom stereocenters. The molecule has 1 aliphatic heterocycles. The van der Waals surface area contributed by atoms with Gasteiger partial charge in [-0.15, -0.1) is 0 Å². The molecule has 1 aliphatic rings. The Kier molecular flexibility index (Phi) is 5.48. The molecule has 0 bridgehead atoms. The maximum atomic E-state index is 12.3. The Morgan fingerprint density at radius 1 is 1.00 bits per heavy atom. The monoisotopic (exact) mass is 331 g/mol. The second-order valence-corrected chi connectivity index (χ2v) is 6.13. The van der Waals surface area contributed by atoms with E-state index in [-0.39, 0.29) is 5.57 Å². The molecular weight excluding hydrogens is 310 g/mol. The summed E-state index contributed by atoms with van der Waals surface area (Å²) in [5.74, 6) is -0.392. The number of nitriles is 1. The van der Waals surface area contributed by atoms with Gasteiger partial charge >= 0.3 is 0 Å². The van der Waals surface area contributed by atoms with Gasteiger partial charge in [0.05, 0.1) is 0 Å². The Hall–Kier alpha value is -3.06. The molecule has 1 N–H and O–H groups in total. The number of benzene rings is 2. The zero-order chi connectivity index (χ0) is 17.5. The fourth-order valence-corrected chi connectivity index (χ4v) is 2.97. The molecule has 0 aromatic heterocycles. The predicted molar refractivity (Wildman–Crippen MR) is 101 cm³/mol. The highest BCUT2D eigenvalue weighted by Gasteiger charge is 2.12. The van der Waals surface area contributed by atoms with E-state index in [1.54, 1.807) is 6.08 Å². The molecule has 2 aromatic rings. The Labute approximate surface area is 148 Å². The average molecular weight is 331 g/mol. The van der Waals surface area contributed by atoms with Crippen molar-refractivity contribution in [2.75, 3.05) is 23.3 Å². The van der Waals surface area contributed by atoms with Crippen LogP contribution in [0.4, 0.5) is 11.4 Å². The van der Waals surface area contributed by atoms with Gasteiger partial charge in [0.2, 0.25) is 0 Å². The number of nitrogens with one attached hydrogen (secondary N) is 1. The lowest BCUT2D eigenvalue weighted by Gasteiger charge is -2.28. The number of rotatable bonds is 4. The summed E-state index contributed by atoms with van der Waals surface area (Å²) in [5, 5.41) is 12.1. The van der Waals surface area contributed by atoms with Crippen molar-refractivity contribution < 1.29 is 4.79 Å². The molecule has 1 saturated heterocycles. The molecule has 1 fully saturated rings. The molecule has 0 radical (unpaired) electrons. The summed E-state index contributed by atoms with van der Waals surface area (Å²) < 4.78 is 0.